The Balaban J connectivity index is 2.30. The molecule has 0 spiro atoms. The van der Waals surface area contributed by atoms with Gasteiger partial charge in [-0.1, -0.05) is 44.2 Å². The van der Waals surface area contributed by atoms with Gasteiger partial charge in [-0.15, -0.1) is 0 Å². The number of ether oxygens (including phenoxy) is 1. The number of aliphatic hydroxyl groups excluding tert-OH is 2. The molecule has 0 bridgehead atoms. The molecule has 0 fully saturated rings. The van der Waals surface area contributed by atoms with Gasteiger partial charge in [0.15, 0.2) is 0 Å². The standard InChI is InChI=1S/C15H24O3/c1-3-14(9-16)15(17)12(2)10-18-11-13-7-5-4-6-8-13/h4-8,12,14-17H,3,9-11H2,1-2H3/t12-,14-,15-/m1/s1. The molecule has 1 rings (SSSR count). The van der Waals surface area contributed by atoms with Gasteiger partial charge in [0.2, 0.25) is 0 Å². The maximum absolute atomic E-state index is 10.0. The Labute approximate surface area is 109 Å². The van der Waals surface area contributed by atoms with Crippen LogP contribution in [0.4, 0.5) is 0 Å². The lowest BCUT2D eigenvalue weighted by Gasteiger charge is -2.25. The average molecular weight is 252 g/mol. The second kappa shape index (κ2) is 8.25. The van der Waals surface area contributed by atoms with Crippen molar-refractivity contribution in [1.29, 1.82) is 0 Å². The maximum Gasteiger partial charge on any atom is 0.0717 e. The highest BCUT2D eigenvalue weighted by Gasteiger charge is 2.22. The summed E-state index contributed by atoms with van der Waals surface area (Å²) in [6.45, 7) is 5.02. The molecular weight excluding hydrogens is 228 g/mol. The molecule has 0 amide bonds. The molecule has 0 saturated carbocycles. The van der Waals surface area contributed by atoms with Gasteiger partial charge in [0.05, 0.1) is 19.3 Å². The van der Waals surface area contributed by atoms with Crippen molar-refractivity contribution in [2.24, 2.45) is 11.8 Å². The number of benzene rings is 1. The molecule has 2 N–H and O–H groups in total. The Hall–Kier alpha value is -0.900. The van der Waals surface area contributed by atoms with Crippen molar-refractivity contribution < 1.29 is 14.9 Å². The van der Waals surface area contributed by atoms with Crippen LogP contribution in [0.2, 0.25) is 0 Å². The van der Waals surface area contributed by atoms with Crippen molar-refractivity contribution >= 4 is 0 Å². The monoisotopic (exact) mass is 252 g/mol. The number of hydrogen-bond acceptors (Lipinski definition) is 3. The van der Waals surface area contributed by atoms with Crippen molar-refractivity contribution in [1.82, 2.24) is 0 Å². The summed E-state index contributed by atoms with van der Waals surface area (Å²) in [5.74, 6) is -0.0221. The predicted molar refractivity (Wildman–Crippen MR) is 72.1 cm³/mol. The molecular formula is C15H24O3. The Bertz CT molecular complexity index is 309. The van der Waals surface area contributed by atoms with Crippen LogP contribution < -0.4 is 0 Å². The van der Waals surface area contributed by atoms with Crippen LogP contribution in [0, 0.1) is 11.8 Å². The fraction of sp³-hybridized carbons (Fsp3) is 0.600. The highest BCUT2D eigenvalue weighted by Crippen LogP contribution is 2.17. The summed E-state index contributed by atoms with van der Waals surface area (Å²) < 4.78 is 5.60. The molecule has 102 valence electrons. The van der Waals surface area contributed by atoms with Gasteiger partial charge < -0.3 is 14.9 Å². The molecule has 0 aliphatic carbocycles. The first-order valence-corrected chi connectivity index (χ1v) is 6.59. The van der Waals surface area contributed by atoms with Gasteiger partial charge in [-0.2, -0.15) is 0 Å². The fourth-order valence-corrected chi connectivity index (χ4v) is 1.98. The van der Waals surface area contributed by atoms with Crippen LogP contribution in [0.3, 0.4) is 0 Å². The van der Waals surface area contributed by atoms with Crippen molar-refractivity contribution in [3.8, 4) is 0 Å². The van der Waals surface area contributed by atoms with Gasteiger partial charge in [0, 0.05) is 18.4 Å². The third-order valence-electron chi connectivity index (χ3n) is 3.32. The van der Waals surface area contributed by atoms with Crippen LogP contribution in [0.1, 0.15) is 25.8 Å². The van der Waals surface area contributed by atoms with Crippen molar-refractivity contribution in [3.05, 3.63) is 35.9 Å². The molecule has 1 aromatic carbocycles. The second-order valence-corrected chi connectivity index (χ2v) is 4.82. The molecule has 0 heterocycles. The van der Waals surface area contributed by atoms with Crippen LogP contribution in [0.5, 0.6) is 0 Å². The van der Waals surface area contributed by atoms with E-state index in [-0.39, 0.29) is 18.4 Å². The third kappa shape index (κ3) is 4.77. The highest BCUT2D eigenvalue weighted by atomic mass is 16.5. The lowest BCUT2D eigenvalue weighted by Crippen LogP contribution is -2.32. The van der Waals surface area contributed by atoms with Crippen LogP contribution in [-0.2, 0) is 11.3 Å². The molecule has 3 heteroatoms. The minimum atomic E-state index is -0.504. The molecule has 0 aliphatic rings. The Kier molecular flexibility index (Phi) is 6.94. The van der Waals surface area contributed by atoms with E-state index in [0.717, 1.165) is 12.0 Å². The summed E-state index contributed by atoms with van der Waals surface area (Å²) in [6.07, 6.45) is 0.275. The first-order valence-electron chi connectivity index (χ1n) is 6.59. The van der Waals surface area contributed by atoms with E-state index in [4.69, 9.17) is 9.84 Å². The van der Waals surface area contributed by atoms with Crippen molar-refractivity contribution in [3.63, 3.8) is 0 Å². The van der Waals surface area contributed by atoms with Crippen LogP contribution in [0.15, 0.2) is 30.3 Å². The van der Waals surface area contributed by atoms with E-state index in [2.05, 4.69) is 0 Å². The first-order chi connectivity index (χ1) is 8.69. The van der Waals surface area contributed by atoms with Gasteiger partial charge in [-0.05, 0) is 12.0 Å². The topological polar surface area (TPSA) is 49.7 Å². The Morgan fingerprint density at radius 2 is 1.89 bits per heavy atom. The zero-order valence-corrected chi connectivity index (χ0v) is 11.2. The second-order valence-electron chi connectivity index (χ2n) is 4.82. The lowest BCUT2D eigenvalue weighted by molar-refractivity contribution is -0.0153. The summed E-state index contributed by atoms with van der Waals surface area (Å²) in [5, 5.41) is 19.2. The van der Waals surface area contributed by atoms with E-state index in [0.29, 0.717) is 13.2 Å². The minimum Gasteiger partial charge on any atom is -0.396 e. The zero-order valence-electron chi connectivity index (χ0n) is 11.2. The minimum absolute atomic E-state index is 0.0285. The average Bonchev–Trinajstić information content (AvgIpc) is 2.41. The van der Waals surface area contributed by atoms with E-state index in [9.17, 15) is 5.11 Å². The summed E-state index contributed by atoms with van der Waals surface area (Å²) >= 11 is 0. The quantitative estimate of drug-likeness (QED) is 0.746. The highest BCUT2D eigenvalue weighted by molar-refractivity contribution is 5.13. The van der Waals surface area contributed by atoms with Gasteiger partial charge >= 0.3 is 0 Å². The van der Waals surface area contributed by atoms with Gasteiger partial charge in [-0.3, -0.25) is 0 Å². The molecule has 0 unspecified atom stereocenters. The Morgan fingerprint density at radius 1 is 1.22 bits per heavy atom. The largest absolute Gasteiger partial charge is 0.396 e. The molecule has 0 radical (unpaired) electrons. The van der Waals surface area contributed by atoms with E-state index in [1.807, 2.05) is 44.2 Å². The summed E-state index contributed by atoms with van der Waals surface area (Å²) in [7, 11) is 0. The van der Waals surface area contributed by atoms with Crippen molar-refractivity contribution in [2.45, 2.75) is 33.0 Å². The van der Waals surface area contributed by atoms with E-state index in [1.165, 1.54) is 0 Å². The number of hydrogen-bond donors (Lipinski definition) is 2. The lowest BCUT2D eigenvalue weighted by atomic mass is 9.91. The fourth-order valence-electron chi connectivity index (χ4n) is 1.98. The van der Waals surface area contributed by atoms with Gasteiger partial charge in [0.1, 0.15) is 0 Å². The molecule has 0 saturated heterocycles. The first kappa shape index (κ1) is 15.2. The van der Waals surface area contributed by atoms with Crippen molar-refractivity contribution in [2.75, 3.05) is 13.2 Å². The normalized spacial score (nSPS) is 16.2. The third-order valence-corrected chi connectivity index (χ3v) is 3.32. The van der Waals surface area contributed by atoms with E-state index >= 15 is 0 Å². The molecule has 3 atom stereocenters. The maximum atomic E-state index is 10.0. The molecule has 1 aromatic rings. The molecule has 0 aliphatic heterocycles. The molecule has 3 nitrogen and oxygen atoms in total. The van der Waals surface area contributed by atoms with Crippen LogP contribution in [0.25, 0.3) is 0 Å². The number of rotatable bonds is 8. The van der Waals surface area contributed by atoms with E-state index in [1.54, 1.807) is 0 Å². The Morgan fingerprint density at radius 3 is 2.44 bits per heavy atom. The summed E-state index contributed by atoms with van der Waals surface area (Å²) in [4.78, 5) is 0. The van der Waals surface area contributed by atoms with Crippen LogP contribution >= 0.6 is 0 Å². The zero-order chi connectivity index (χ0) is 13.4. The van der Waals surface area contributed by atoms with E-state index < -0.39 is 6.10 Å². The summed E-state index contributed by atoms with van der Waals surface area (Å²) in [5.41, 5.74) is 1.13. The SMILES string of the molecule is CC[C@H](CO)[C@H](O)[C@H](C)COCc1ccccc1. The van der Waals surface area contributed by atoms with Crippen LogP contribution in [-0.4, -0.2) is 29.5 Å². The smallest absolute Gasteiger partial charge is 0.0717 e. The molecule has 0 aromatic heterocycles. The van der Waals surface area contributed by atoms with Gasteiger partial charge in [-0.25, -0.2) is 0 Å². The molecule has 18 heavy (non-hydrogen) atoms. The summed E-state index contributed by atoms with van der Waals surface area (Å²) in [6, 6.07) is 9.97. The number of aliphatic hydroxyl groups is 2. The van der Waals surface area contributed by atoms with Gasteiger partial charge in [0.25, 0.3) is 0 Å². The predicted octanol–water partition coefficient (Wildman–Crippen LogP) is 2.22.